The van der Waals surface area contributed by atoms with Crippen molar-refractivity contribution in [2.45, 2.75) is 58.3 Å². The third-order valence-corrected chi connectivity index (χ3v) is 2.81. The SMILES string of the molecule is CCC(N)C1CC(C)OC(C)C1. The molecular formula is C10H21NO. The number of ether oxygens (including phenoxy) is 1. The van der Waals surface area contributed by atoms with Crippen molar-refractivity contribution in [3.63, 3.8) is 0 Å². The molecule has 3 unspecified atom stereocenters. The average Bonchev–Trinajstić information content (AvgIpc) is 2.01. The normalized spacial score (nSPS) is 39.5. The lowest BCUT2D eigenvalue weighted by atomic mass is 9.86. The molecule has 1 aliphatic heterocycles. The lowest BCUT2D eigenvalue weighted by Gasteiger charge is -2.34. The predicted molar refractivity (Wildman–Crippen MR) is 51.0 cm³/mol. The molecule has 2 nitrogen and oxygen atoms in total. The molecule has 1 aliphatic rings. The molecular weight excluding hydrogens is 150 g/mol. The van der Waals surface area contributed by atoms with Gasteiger partial charge in [-0.2, -0.15) is 0 Å². The Morgan fingerprint density at radius 2 is 1.83 bits per heavy atom. The smallest absolute Gasteiger partial charge is 0.0553 e. The van der Waals surface area contributed by atoms with Gasteiger partial charge < -0.3 is 10.5 Å². The maximum atomic E-state index is 6.02. The fraction of sp³-hybridized carbons (Fsp3) is 1.00. The molecule has 1 rings (SSSR count). The zero-order chi connectivity index (χ0) is 9.14. The van der Waals surface area contributed by atoms with Crippen LogP contribution >= 0.6 is 0 Å². The summed E-state index contributed by atoms with van der Waals surface area (Å²) in [6.07, 6.45) is 4.16. The van der Waals surface area contributed by atoms with Crippen LogP contribution in [0.4, 0.5) is 0 Å². The predicted octanol–water partition coefficient (Wildman–Crippen LogP) is 1.93. The van der Waals surface area contributed by atoms with Crippen molar-refractivity contribution in [3.8, 4) is 0 Å². The Kier molecular flexibility index (Phi) is 3.53. The van der Waals surface area contributed by atoms with Crippen molar-refractivity contribution >= 4 is 0 Å². The largest absolute Gasteiger partial charge is 0.376 e. The number of hydrogen-bond donors (Lipinski definition) is 1. The van der Waals surface area contributed by atoms with Crippen molar-refractivity contribution in [3.05, 3.63) is 0 Å². The van der Waals surface area contributed by atoms with Gasteiger partial charge in [0.05, 0.1) is 12.2 Å². The van der Waals surface area contributed by atoms with Gasteiger partial charge in [-0.25, -0.2) is 0 Å². The zero-order valence-electron chi connectivity index (χ0n) is 8.42. The third-order valence-electron chi connectivity index (χ3n) is 2.81. The summed E-state index contributed by atoms with van der Waals surface area (Å²) < 4.78 is 5.66. The maximum Gasteiger partial charge on any atom is 0.0553 e. The molecule has 0 aromatic heterocycles. The first-order chi connectivity index (χ1) is 5.63. The first-order valence-corrected chi connectivity index (χ1v) is 5.04. The van der Waals surface area contributed by atoms with E-state index in [2.05, 4.69) is 20.8 Å². The summed E-state index contributed by atoms with van der Waals surface area (Å²) in [7, 11) is 0. The standard InChI is InChI=1S/C10H21NO/c1-4-10(11)9-5-7(2)12-8(3)6-9/h7-10H,4-6,11H2,1-3H3. The number of rotatable bonds is 2. The molecule has 0 spiro atoms. The maximum absolute atomic E-state index is 6.02. The lowest BCUT2D eigenvalue weighted by molar-refractivity contribution is -0.0566. The number of nitrogens with two attached hydrogens (primary N) is 1. The van der Waals surface area contributed by atoms with Crippen LogP contribution in [0, 0.1) is 5.92 Å². The van der Waals surface area contributed by atoms with Crippen LogP contribution in [-0.2, 0) is 4.74 Å². The molecule has 2 N–H and O–H groups in total. The van der Waals surface area contributed by atoms with Crippen LogP contribution in [-0.4, -0.2) is 18.2 Å². The molecule has 1 fully saturated rings. The molecule has 72 valence electrons. The second kappa shape index (κ2) is 4.24. The van der Waals surface area contributed by atoms with Gasteiger partial charge in [0, 0.05) is 6.04 Å². The van der Waals surface area contributed by atoms with Gasteiger partial charge in [0.15, 0.2) is 0 Å². The summed E-state index contributed by atoms with van der Waals surface area (Å²) in [5, 5.41) is 0. The quantitative estimate of drug-likeness (QED) is 0.689. The fourth-order valence-corrected chi connectivity index (χ4v) is 2.14. The van der Waals surface area contributed by atoms with Gasteiger partial charge >= 0.3 is 0 Å². The highest BCUT2D eigenvalue weighted by atomic mass is 16.5. The van der Waals surface area contributed by atoms with E-state index in [1.54, 1.807) is 0 Å². The first-order valence-electron chi connectivity index (χ1n) is 5.04. The Morgan fingerprint density at radius 1 is 1.33 bits per heavy atom. The number of hydrogen-bond acceptors (Lipinski definition) is 2. The van der Waals surface area contributed by atoms with Gasteiger partial charge in [0.1, 0.15) is 0 Å². The second-order valence-electron chi connectivity index (χ2n) is 4.06. The van der Waals surface area contributed by atoms with Crippen LogP contribution in [0.25, 0.3) is 0 Å². The Hall–Kier alpha value is -0.0800. The Labute approximate surface area is 75.5 Å². The Balaban J connectivity index is 2.43. The zero-order valence-corrected chi connectivity index (χ0v) is 8.42. The molecule has 0 bridgehead atoms. The molecule has 0 aromatic rings. The van der Waals surface area contributed by atoms with Crippen LogP contribution in [0.1, 0.15) is 40.0 Å². The minimum atomic E-state index is 0.374. The van der Waals surface area contributed by atoms with E-state index in [0.29, 0.717) is 24.2 Å². The summed E-state index contributed by atoms with van der Waals surface area (Å²) in [5.74, 6) is 0.675. The molecule has 3 atom stereocenters. The van der Waals surface area contributed by atoms with Crippen LogP contribution in [0.2, 0.25) is 0 Å². The van der Waals surface area contributed by atoms with Gasteiger partial charge in [0.25, 0.3) is 0 Å². The van der Waals surface area contributed by atoms with Gasteiger partial charge in [0.2, 0.25) is 0 Å². The Bertz CT molecular complexity index is 128. The summed E-state index contributed by atoms with van der Waals surface area (Å²) in [5.41, 5.74) is 6.02. The molecule has 1 saturated heterocycles. The van der Waals surface area contributed by atoms with E-state index >= 15 is 0 Å². The molecule has 0 aromatic carbocycles. The third kappa shape index (κ3) is 2.46. The van der Waals surface area contributed by atoms with Gasteiger partial charge in [-0.15, -0.1) is 0 Å². The fourth-order valence-electron chi connectivity index (χ4n) is 2.14. The van der Waals surface area contributed by atoms with Gasteiger partial charge in [-0.3, -0.25) is 0 Å². The van der Waals surface area contributed by atoms with Crippen molar-refractivity contribution < 1.29 is 4.74 Å². The molecule has 0 saturated carbocycles. The van der Waals surface area contributed by atoms with Crippen molar-refractivity contribution in [2.24, 2.45) is 11.7 Å². The minimum absolute atomic E-state index is 0.374. The molecule has 0 radical (unpaired) electrons. The van der Waals surface area contributed by atoms with Crippen LogP contribution < -0.4 is 5.73 Å². The summed E-state index contributed by atoms with van der Waals surface area (Å²) in [6, 6.07) is 0.374. The summed E-state index contributed by atoms with van der Waals surface area (Å²) in [6.45, 7) is 6.45. The van der Waals surface area contributed by atoms with E-state index in [0.717, 1.165) is 19.3 Å². The van der Waals surface area contributed by atoms with E-state index in [4.69, 9.17) is 10.5 Å². The van der Waals surface area contributed by atoms with Crippen molar-refractivity contribution in [1.82, 2.24) is 0 Å². The minimum Gasteiger partial charge on any atom is -0.376 e. The van der Waals surface area contributed by atoms with E-state index in [-0.39, 0.29) is 0 Å². The first kappa shape index (κ1) is 10.0. The highest BCUT2D eigenvalue weighted by Crippen LogP contribution is 2.27. The van der Waals surface area contributed by atoms with Crippen molar-refractivity contribution in [1.29, 1.82) is 0 Å². The van der Waals surface area contributed by atoms with Crippen LogP contribution in [0.5, 0.6) is 0 Å². The van der Waals surface area contributed by atoms with Crippen LogP contribution in [0.3, 0.4) is 0 Å². The topological polar surface area (TPSA) is 35.2 Å². The summed E-state index contributed by atoms with van der Waals surface area (Å²) in [4.78, 5) is 0. The van der Waals surface area contributed by atoms with Crippen LogP contribution in [0.15, 0.2) is 0 Å². The highest BCUT2D eigenvalue weighted by Gasteiger charge is 2.27. The van der Waals surface area contributed by atoms with Gasteiger partial charge in [-0.1, -0.05) is 6.92 Å². The molecule has 1 heterocycles. The van der Waals surface area contributed by atoms with Crippen molar-refractivity contribution in [2.75, 3.05) is 0 Å². The molecule has 12 heavy (non-hydrogen) atoms. The van der Waals surface area contributed by atoms with E-state index in [1.807, 2.05) is 0 Å². The van der Waals surface area contributed by atoms with Gasteiger partial charge in [-0.05, 0) is 39.0 Å². The molecule has 0 amide bonds. The molecule has 2 heteroatoms. The monoisotopic (exact) mass is 171 g/mol. The van der Waals surface area contributed by atoms with E-state index in [9.17, 15) is 0 Å². The average molecular weight is 171 g/mol. The molecule has 0 aliphatic carbocycles. The lowest BCUT2D eigenvalue weighted by Crippen LogP contribution is -2.39. The Morgan fingerprint density at radius 3 is 2.25 bits per heavy atom. The van der Waals surface area contributed by atoms with E-state index < -0.39 is 0 Å². The second-order valence-corrected chi connectivity index (χ2v) is 4.06. The highest BCUT2D eigenvalue weighted by molar-refractivity contribution is 4.80. The van der Waals surface area contributed by atoms with E-state index in [1.165, 1.54) is 0 Å². The summed E-state index contributed by atoms with van der Waals surface area (Å²) >= 11 is 0.